The number of nitriles is 1. The topological polar surface area (TPSA) is 87.5 Å². The Bertz CT molecular complexity index is 739. The van der Waals surface area contributed by atoms with Crippen molar-refractivity contribution >= 4 is 27.3 Å². The van der Waals surface area contributed by atoms with Crippen molar-refractivity contribution in [2.45, 2.75) is 47.9 Å². The standard InChI is InChI=1S/C14H16N2O4S2/c1-20-13(17)11-5-6-12(21-11)22(18,19)16(10-3-4-10)14(9-15)7-2-8-14/h5-6,10H,2-4,7-8H2,1H3. The van der Waals surface area contributed by atoms with E-state index < -0.39 is 21.5 Å². The van der Waals surface area contributed by atoms with Crippen molar-refractivity contribution in [2.75, 3.05) is 7.11 Å². The molecule has 0 spiro atoms. The highest BCUT2D eigenvalue weighted by Crippen LogP contribution is 2.47. The summed E-state index contributed by atoms with van der Waals surface area (Å²) < 4.78 is 32.1. The van der Waals surface area contributed by atoms with Crippen LogP contribution in [0.15, 0.2) is 16.3 Å². The zero-order chi connectivity index (χ0) is 16.0. The molecule has 8 heteroatoms. The van der Waals surface area contributed by atoms with E-state index in [1.165, 1.54) is 23.5 Å². The molecule has 1 aromatic heterocycles. The van der Waals surface area contributed by atoms with Gasteiger partial charge in [-0.15, -0.1) is 11.3 Å². The van der Waals surface area contributed by atoms with Crippen LogP contribution in [-0.4, -0.2) is 37.4 Å². The summed E-state index contributed by atoms with van der Waals surface area (Å²) in [4.78, 5) is 11.8. The molecule has 2 fully saturated rings. The van der Waals surface area contributed by atoms with E-state index in [1.807, 2.05) is 0 Å². The lowest BCUT2D eigenvalue weighted by atomic mass is 9.78. The van der Waals surface area contributed by atoms with Crippen molar-refractivity contribution in [3.63, 3.8) is 0 Å². The van der Waals surface area contributed by atoms with Gasteiger partial charge >= 0.3 is 5.97 Å². The predicted octanol–water partition coefficient (Wildman–Crippen LogP) is 2.13. The Labute approximate surface area is 133 Å². The van der Waals surface area contributed by atoms with Crippen molar-refractivity contribution in [1.82, 2.24) is 4.31 Å². The third-order valence-electron chi connectivity index (χ3n) is 4.17. The quantitative estimate of drug-likeness (QED) is 0.766. The van der Waals surface area contributed by atoms with E-state index in [1.54, 1.807) is 0 Å². The Morgan fingerprint density at radius 3 is 2.59 bits per heavy atom. The Morgan fingerprint density at radius 2 is 2.14 bits per heavy atom. The zero-order valence-corrected chi connectivity index (χ0v) is 13.7. The van der Waals surface area contributed by atoms with Crippen LogP contribution in [0.3, 0.4) is 0 Å². The molecule has 118 valence electrons. The molecule has 0 amide bonds. The normalized spacial score (nSPS) is 20.2. The van der Waals surface area contributed by atoms with Crippen molar-refractivity contribution in [2.24, 2.45) is 0 Å². The molecule has 1 aromatic rings. The van der Waals surface area contributed by atoms with Gasteiger partial charge in [-0.2, -0.15) is 9.57 Å². The van der Waals surface area contributed by atoms with E-state index in [0.29, 0.717) is 12.8 Å². The van der Waals surface area contributed by atoms with E-state index in [2.05, 4.69) is 10.8 Å². The van der Waals surface area contributed by atoms with Gasteiger partial charge in [0.15, 0.2) is 0 Å². The monoisotopic (exact) mass is 340 g/mol. The fraction of sp³-hybridized carbons (Fsp3) is 0.571. The molecule has 0 unspecified atom stereocenters. The van der Waals surface area contributed by atoms with Gasteiger partial charge in [0.05, 0.1) is 13.2 Å². The fourth-order valence-electron chi connectivity index (χ4n) is 2.74. The minimum Gasteiger partial charge on any atom is -0.465 e. The van der Waals surface area contributed by atoms with Gasteiger partial charge in [-0.25, -0.2) is 13.2 Å². The van der Waals surface area contributed by atoms with Crippen LogP contribution < -0.4 is 0 Å². The highest BCUT2D eigenvalue weighted by Gasteiger charge is 2.55. The van der Waals surface area contributed by atoms with Crippen molar-refractivity contribution in [1.29, 1.82) is 5.26 Å². The maximum Gasteiger partial charge on any atom is 0.348 e. The molecule has 0 aromatic carbocycles. The Hall–Kier alpha value is -1.43. The molecule has 0 N–H and O–H groups in total. The number of rotatable bonds is 5. The van der Waals surface area contributed by atoms with Gasteiger partial charge < -0.3 is 4.74 Å². The van der Waals surface area contributed by atoms with Crippen LogP contribution in [0.25, 0.3) is 0 Å². The molecule has 22 heavy (non-hydrogen) atoms. The van der Waals surface area contributed by atoms with Crippen LogP contribution in [0.1, 0.15) is 41.8 Å². The van der Waals surface area contributed by atoms with E-state index in [-0.39, 0.29) is 15.1 Å². The fourth-order valence-corrected chi connectivity index (χ4v) is 6.05. The number of hydrogen-bond acceptors (Lipinski definition) is 6. The number of esters is 1. The number of carbonyl (C=O) groups is 1. The van der Waals surface area contributed by atoms with E-state index in [0.717, 1.165) is 30.6 Å². The Balaban J connectivity index is 1.98. The molecule has 0 radical (unpaired) electrons. The summed E-state index contributed by atoms with van der Waals surface area (Å²) in [5.74, 6) is -0.553. The summed E-state index contributed by atoms with van der Waals surface area (Å²) in [7, 11) is -2.51. The number of nitrogens with zero attached hydrogens (tertiary/aromatic N) is 2. The highest BCUT2D eigenvalue weighted by molar-refractivity contribution is 7.91. The first-order valence-corrected chi connectivity index (χ1v) is 9.34. The smallest absolute Gasteiger partial charge is 0.348 e. The van der Waals surface area contributed by atoms with Crippen molar-refractivity contribution < 1.29 is 17.9 Å². The van der Waals surface area contributed by atoms with Crippen LogP contribution in [0.2, 0.25) is 0 Å². The third kappa shape index (κ3) is 2.33. The summed E-state index contributed by atoms with van der Waals surface area (Å²) in [6.07, 6.45) is 3.60. The van der Waals surface area contributed by atoms with Crippen LogP contribution in [0.4, 0.5) is 0 Å². The molecule has 2 aliphatic carbocycles. The average Bonchev–Trinajstić information content (AvgIpc) is 3.14. The van der Waals surface area contributed by atoms with Crippen LogP contribution >= 0.6 is 11.3 Å². The lowest BCUT2D eigenvalue weighted by molar-refractivity contribution is 0.0606. The highest BCUT2D eigenvalue weighted by atomic mass is 32.2. The average molecular weight is 340 g/mol. The lowest BCUT2D eigenvalue weighted by Crippen LogP contribution is -2.56. The SMILES string of the molecule is COC(=O)c1ccc(S(=O)(=O)N(C2CC2)C2(C#N)CCC2)s1. The molecule has 0 saturated heterocycles. The maximum absolute atomic E-state index is 13.0. The number of hydrogen-bond donors (Lipinski definition) is 0. The minimum atomic E-state index is -3.77. The maximum atomic E-state index is 13.0. The lowest BCUT2D eigenvalue weighted by Gasteiger charge is -2.43. The Morgan fingerprint density at radius 1 is 1.45 bits per heavy atom. The summed E-state index contributed by atoms with van der Waals surface area (Å²) in [5, 5.41) is 9.50. The molecule has 2 saturated carbocycles. The number of ether oxygens (including phenoxy) is 1. The van der Waals surface area contributed by atoms with E-state index in [4.69, 9.17) is 0 Å². The van der Waals surface area contributed by atoms with Gasteiger partial charge in [-0.3, -0.25) is 0 Å². The van der Waals surface area contributed by atoms with Gasteiger partial charge in [0, 0.05) is 6.04 Å². The van der Waals surface area contributed by atoms with E-state index in [9.17, 15) is 18.5 Å². The summed E-state index contributed by atoms with van der Waals surface area (Å²) >= 11 is 0.894. The molecule has 0 aliphatic heterocycles. The van der Waals surface area contributed by atoms with E-state index >= 15 is 0 Å². The molecule has 3 rings (SSSR count). The number of thiophene rings is 1. The molecule has 1 heterocycles. The molecule has 0 bridgehead atoms. The summed E-state index contributed by atoms with van der Waals surface area (Å²) in [5.41, 5.74) is -0.907. The van der Waals surface area contributed by atoms with Gasteiger partial charge in [0.25, 0.3) is 10.0 Å². The van der Waals surface area contributed by atoms with Crippen LogP contribution in [0, 0.1) is 11.3 Å². The first-order valence-electron chi connectivity index (χ1n) is 7.08. The predicted molar refractivity (Wildman–Crippen MR) is 79.9 cm³/mol. The largest absolute Gasteiger partial charge is 0.465 e. The number of sulfonamides is 1. The second kappa shape index (κ2) is 5.33. The van der Waals surface area contributed by atoms with Crippen molar-refractivity contribution in [3.8, 4) is 6.07 Å². The number of methoxy groups -OCH3 is 1. The van der Waals surface area contributed by atoms with Crippen LogP contribution in [-0.2, 0) is 14.8 Å². The summed E-state index contributed by atoms with van der Waals surface area (Å²) in [6, 6.07) is 5.00. The molecule has 6 nitrogen and oxygen atoms in total. The molecule has 0 atom stereocenters. The minimum absolute atomic E-state index is 0.0892. The first kappa shape index (κ1) is 15.5. The Kier molecular flexibility index (Phi) is 3.75. The van der Waals surface area contributed by atoms with Gasteiger partial charge in [-0.1, -0.05) is 0 Å². The van der Waals surface area contributed by atoms with Crippen molar-refractivity contribution in [3.05, 3.63) is 17.0 Å². The first-order chi connectivity index (χ1) is 10.4. The molecule has 2 aliphatic rings. The van der Waals surface area contributed by atoms with Gasteiger partial charge in [-0.05, 0) is 44.2 Å². The van der Waals surface area contributed by atoms with Gasteiger partial charge in [0.1, 0.15) is 14.6 Å². The zero-order valence-electron chi connectivity index (χ0n) is 12.1. The second-order valence-corrected chi connectivity index (χ2v) is 8.76. The molecular formula is C14H16N2O4S2. The van der Waals surface area contributed by atoms with Crippen LogP contribution in [0.5, 0.6) is 0 Å². The second-order valence-electron chi connectivity index (χ2n) is 5.64. The summed E-state index contributed by atoms with van der Waals surface area (Å²) in [6.45, 7) is 0. The third-order valence-corrected chi connectivity index (χ3v) is 7.72. The van der Waals surface area contributed by atoms with Gasteiger partial charge in [0.2, 0.25) is 0 Å². The molecular weight excluding hydrogens is 324 g/mol. The number of carbonyl (C=O) groups excluding carboxylic acids is 1.